The number of carbonyl (C=O) groups excluding carboxylic acids is 1. The first-order valence-corrected chi connectivity index (χ1v) is 10.2. The minimum absolute atomic E-state index is 0.0937. The molecule has 0 unspecified atom stereocenters. The first-order valence-electron chi connectivity index (χ1n) is 10.2. The van der Waals surface area contributed by atoms with Crippen LogP contribution in [0.3, 0.4) is 0 Å². The van der Waals surface area contributed by atoms with Gasteiger partial charge in [-0.15, -0.1) is 0 Å². The van der Waals surface area contributed by atoms with E-state index in [2.05, 4.69) is 22.0 Å². The second-order valence-electron chi connectivity index (χ2n) is 7.51. The molecule has 6 nitrogen and oxygen atoms in total. The molecule has 1 N–H and O–H groups in total. The number of rotatable bonds is 8. The normalized spacial score (nSPS) is 20.6. The van der Waals surface area contributed by atoms with Crippen molar-refractivity contribution >= 4 is 5.91 Å². The van der Waals surface area contributed by atoms with Gasteiger partial charge in [-0.05, 0) is 56.1 Å². The molecule has 0 aliphatic carbocycles. The number of nitrogens with zero attached hydrogens (tertiary/aromatic N) is 2. The summed E-state index contributed by atoms with van der Waals surface area (Å²) >= 11 is 0. The summed E-state index contributed by atoms with van der Waals surface area (Å²) in [7, 11) is 1.65. The molecular formula is C21H33N3O3. The van der Waals surface area contributed by atoms with Gasteiger partial charge in [0.15, 0.2) is 0 Å². The van der Waals surface area contributed by atoms with Gasteiger partial charge >= 0.3 is 0 Å². The molecule has 1 fully saturated rings. The molecule has 1 aromatic rings. The molecule has 0 bridgehead atoms. The summed E-state index contributed by atoms with van der Waals surface area (Å²) in [6.07, 6.45) is 2.93. The average Bonchev–Trinajstić information content (AvgIpc) is 2.71. The molecule has 1 amide bonds. The first-order chi connectivity index (χ1) is 13.2. The predicted molar refractivity (Wildman–Crippen MR) is 106 cm³/mol. The van der Waals surface area contributed by atoms with Crippen LogP contribution in [-0.2, 0) is 11.2 Å². The van der Waals surface area contributed by atoms with Crippen LogP contribution < -0.4 is 14.8 Å². The molecule has 0 aromatic heterocycles. The van der Waals surface area contributed by atoms with Gasteiger partial charge in [-0.2, -0.15) is 0 Å². The summed E-state index contributed by atoms with van der Waals surface area (Å²) in [5, 5.41) is 3.09. The van der Waals surface area contributed by atoms with Gasteiger partial charge in [0.1, 0.15) is 18.1 Å². The Labute approximate surface area is 162 Å². The van der Waals surface area contributed by atoms with Crippen molar-refractivity contribution in [2.45, 2.75) is 26.2 Å². The van der Waals surface area contributed by atoms with Crippen molar-refractivity contribution in [1.82, 2.24) is 15.1 Å². The Morgan fingerprint density at radius 1 is 1.22 bits per heavy atom. The molecule has 1 saturated heterocycles. The molecule has 6 heteroatoms. The quantitative estimate of drug-likeness (QED) is 0.702. The number of ether oxygens (including phenoxy) is 2. The molecule has 1 atom stereocenters. The van der Waals surface area contributed by atoms with Crippen molar-refractivity contribution < 1.29 is 14.3 Å². The zero-order valence-corrected chi connectivity index (χ0v) is 16.7. The monoisotopic (exact) mass is 375 g/mol. The lowest BCUT2D eigenvalue weighted by Crippen LogP contribution is -2.47. The van der Waals surface area contributed by atoms with Crippen LogP contribution >= 0.6 is 0 Å². The van der Waals surface area contributed by atoms with Gasteiger partial charge in [0.05, 0.1) is 13.0 Å². The van der Waals surface area contributed by atoms with E-state index in [1.165, 1.54) is 26.1 Å². The van der Waals surface area contributed by atoms with E-state index in [9.17, 15) is 4.79 Å². The van der Waals surface area contributed by atoms with Crippen molar-refractivity contribution in [3.63, 3.8) is 0 Å². The topological polar surface area (TPSA) is 54.0 Å². The molecule has 3 rings (SSSR count). The second kappa shape index (κ2) is 9.95. The summed E-state index contributed by atoms with van der Waals surface area (Å²) in [6, 6.07) is 5.77. The van der Waals surface area contributed by atoms with Crippen LogP contribution in [-0.4, -0.2) is 75.2 Å². The molecule has 2 aliphatic rings. The summed E-state index contributed by atoms with van der Waals surface area (Å²) in [6.45, 7) is 10.3. The fourth-order valence-electron chi connectivity index (χ4n) is 3.88. The molecule has 0 spiro atoms. The van der Waals surface area contributed by atoms with Crippen molar-refractivity contribution in [1.29, 1.82) is 0 Å². The number of carbonyl (C=O) groups is 1. The fourth-order valence-corrected chi connectivity index (χ4v) is 3.88. The van der Waals surface area contributed by atoms with E-state index in [4.69, 9.17) is 9.47 Å². The number of benzene rings is 1. The lowest BCUT2D eigenvalue weighted by Gasteiger charge is -2.34. The Balaban J connectivity index is 1.35. The summed E-state index contributed by atoms with van der Waals surface area (Å²) in [4.78, 5) is 17.5. The van der Waals surface area contributed by atoms with Crippen LogP contribution in [0.5, 0.6) is 11.5 Å². The van der Waals surface area contributed by atoms with E-state index < -0.39 is 0 Å². The van der Waals surface area contributed by atoms with Crippen LogP contribution in [0, 0.1) is 5.92 Å². The van der Waals surface area contributed by atoms with Gasteiger partial charge in [-0.1, -0.05) is 6.92 Å². The maximum Gasteiger partial charge on any atom is 0.226 e. The Kier molecular flexibility index (Phi) is 7.35. The van der Waals surface area contributed by atoms with Crippen LogP contribution in [0.25, 0.3) is 0 Å². The van der Waals surface area contributed by atoms with Crippen LogP contribution in [0.15, 0.2) is 18.2 Å². The van der Waals surface area contributed by atoms with Crippen molar-refractivity contribution in [2.24, 2.45) is 5.92 Å². The lowest BCUT2D eigenvalue weighted by atomic mass is 9.96. The molecule has 2 heterocycles. The van der Waals surface area contributed by atoms with Gasteiger partial charge in [0.25, 0.3) is 0 Å². The third kappa shape index (κ3) is 5.59. The lowest BCUT2D eigenvalue weighted by molar-refractivity contribution is -0.126. The van der Waals surface area contributed by atoms with Gasteiger partial charge < -0.3 is 24.6 Å². The smallest absolute Gasteiger partial charge is 0.226 e. The number of amides is 1. The van der Waals surface area contributed by atoms with Crippen LogP contribution in [0.4, 0.5) is 0 Å². The van der Waals surface area contributed by atoms with Gasteiger partial charge in [0.2, 0.25) is 5.91 Å². The highest BCUT2D eigenvalue weighted by Gasteiger charge is 2.26. The number of hydrogen-bond acceptors (Lipinski definition) is 5. The van der Waals surface area contributed by atoms with Gasteiger partial charge in [0, 0.05) is 32.7 Å². The highest BCUT2D eigenvalue weighted by Crippen LogP contribution is 2.30. The average molecular weight is 376 g/mol. The van der Waals surface area contributed by atoms with Gasteiger partial charge in [-0.25, -0.2) is 0 Å². The third-order valence-corrected chi connectivity index (χ3v) is 5.50. The predicted octanol–water partition coefficient (Wildman–Crippen LogP) is 1.78. The molecule has 0 radical (unpaired) electrons. The maximum atomic E-state index is 12.5. The maximum absolute atomic E-state index is 12.5. The minimum atomic E-state index is -0.123. The molecule has 1 aromatic carbocycles. The Hall–Kier alpha value is -1.79. The number of nitrogens with one attached hydrogen (secondary N) is 1. The number of piperazine rings is 1. The molecule has 0 saturated carbocycles. The van der Waals surface area contributed by atoms with E-state index in [1.54, 1.807) is 7.11 Å². The van der Waals surface area contributed by atoms with E-state index in [0.29, 0.717) is 13.0 Å². The fraction of sp³-hybridized carbons (Fsp3) is 0.667. The zero-order chi connectivity index (χ0) is 19.1. The minimum Gasteiger partial charge on any atom is -0.497 e. The van der Waals surface area contributed by atoms with Gasteiger partial charge in [-0.3, -0.25) is 4.79 Å². The van der Waals surface area contributed by atoms with Crippen LogP contribution in [0.1, 0.15) is 25.3 Å². The first kappa shape index (κ1) is 20.0. The van der Waals surface area contributed by atoms with E-state index >= 15 is 0 Å². The highest BCUT2D eigenvalue weighted by atomic mass is 16.5. The van der Waals surface area contributed by atoms with E-state index in [1.807, 2.05) is 18.2 Å². The molecule has 150 valence electrons. The Bertz CT molecular complexity index is 615. The van der Waals surface area contributed by atoms with Crippen molar-refractivity contribution in [3.05, 3.63) is 23.8 Å². The zero-order valence-electron chi connectivity index (χ0n) is 16.7. The summed E-state index contributed by atoms with van der Waals surface area (Å²) < 4.78 is 11.0. The Morgan fingerprint density at radius 2 is 1.96 bits per heavy atom. The van der Waals surface area contributed by atoms with E-state index in [0.717, 1.165) is 49.7 Å². The van der Waals surface area contributed by atoms with Crippen molar-refractivity contribution in [3.8, 4) is 11.5 Å². The SMILES string of the molecule is CCCN1CCN(CCCNC(=O)[C@H]2COc3ccc(OC)cc3C2)CC1. The number of hydrogen-bond donors (Lipinski definition) is 1. The third-order valence-electron chi connectivity index (χ3n) is 5.50. The molecular weight excluding hydrogens is 342 g/mol. The summed E-state index contributed by atoms with van der Waals surface area (Å²) in [5.41, 5.74) is 1.05. The Morgan fingerprint density at radius 3 is 2.67 bits per heavy atom. The van der Waals surface area contributed by atoms with Crippen LogP contribution in [0.2, 0.25) is 0 Å². The number of methoxy groups -OCH3 is 1. The number of fused-ring (bicyclic) bond motifs is 1. The summed E-state index contributed by atoms with van der Waals surface area (Å²) in [5.74, 6) is 1.64. The van der Waals surface area contributed by atoms with Crippen molar-refractivity contribution in [2.75, 3.05) is 59.5 Å². The highest BCUT2D eigenvalue weighted by molar-refractivity contribution is 5.79. The largest absolute Gasteiger partial charge is 0.497 e. The standard InChI is InChI=1S/C21H33N3O3/c1-3-8-23-10-12-24(13-11-23)9-4-7-22-21(25)18-14-17-15-19(26-2)5-6-20(17)27-16-18/h5-6,15,18H,3-4,7-14,16H2,1-2H3,(H,22,25)/t18-/m1/s1. The second-order valence-corrected chi connectivity index (χ2v) is 7.51. The molecule has 27 heavy (non-hydrogen) atoms. The van der Waals surface area contributed by atoms with E-state index in [-0.39, 0.29) is 11.8 Å². The molecule has 2 aliphatic heterocycles.